The molecule has 25 heavy (non-hydrogen) atoms. The van der Waals surface area contributed by atoms with Crippen molar-refractivity contribution in [2.75, 3.05) is 11.9 Å². The average Bonchev–Trinajstić information content (AvgIpc) is 3.12. The number of nitrogens with zero attached hydrogens (tertiary/aromatic N) is 1. The SMILES string of the molecule is Clc1ccc([C@H]2Nc3ccc4ncccc4c3[C@@H]3OCC[C@H]23)cc1Cl. The lowest BCUT2D eigenvalue weighted by Crippen LogP contribution is -2.29. The summed E-state index contributed by atoms with van der Waals surface area (Å²) in [7, 11) is 0. The number of rotatable bonds is 1. The van der Waals surface area contributed by atoms with E-state index < -0.39 is 0 Å². The molecule has 126 valence electrons. The summed E-state index contributed by atoms with van der Waals surface area (Å²) in [6, 6.07) is 14.3. The van der Waals surface area contributed by atoms with Crippen molar-refractivity contribution in [2.24, 2.45) is 5.92 Å². The van der Waals surface area contributed by atoms with E-state index in [2.05, 4.69) is 34.6 Å². The average molecular weight is 371 g/mol. The van der Waals surface area contributed by atoms with E-state index in [0.29, 0.717) is 16.0 Å². The van der Waals surface area contributed by atoms with Crippen LogP contribution in [0.1, 0.15) is 29.7 Å². The first-order chi connectivity index (χ1) is 12.2. The van der Waals surface area contributed by atoms with Gasteiger partial charge in [0.15, 0.2) is 0 Å². The zero-order chi connectivity index (χ0) is 17.0. The van der Waals surface area contributed by atoms with Crippen molar-refractivity contribution in [3.63, 3.8) is 0 Å². The number of hydrogen-bond acceptors (Lipinski definition) is 3. The number of halogens is 2. The third-order valence-electron chi connectivity index (χ3n) is 5.29. The zero-order valence-corrected chi connectivity index (χ0v) is 14.9. The number of fused-ring (bicyclic) bond motifs is 5. The van der Waals surface area contributed by atoms with Gasteiger partial charge in [0.2, 0.25) is 0 Å². The van der Waals surface area contributed by atoms with Crippen molar-refractivity contribution >= 4 is 39.8 Å². The van der Waals surface area contributed by atoms with Crippen LogP contribution in [0.25, 0.3) is 10.9 Å². The lowest BCUT2D eigenvalue weighted by atomic mass is 9.80. The molecule has 2 aromatic carbocycles. The highest BCUT2D eigenvalue weighted by Gasteiger charge is 2.42. The van der Waals surface area contributed by atoms with Crippen molar-refractivity contribution < 1.29 is 4.74 Å². The summed E-state index contributed by atoms with van der Waals surface area (Å²) in [6.45, 7) is 0.769. The molecular formula is C20H16Cl2N2O. The molecule has 3 nitrogen and oxygen atoms in total. The highest BCUT2D eigenvalue weighted by atomic mass is 35.5. The summed E-state index contributed by atoms with van der Waals surface area (Å²) in [6.07, 6.45) is 2.92. The van der Waals surface area contributed by atoms with Gasteiger partial charge in [-0.05, 0) is 42.3 Å². The topological polar surface area (TPSA) is 34.2 Å². The van der Waals surface area contributed by atoms with Crippen LogP contribution in [0.5, 0.6) is 0 Å². The molecular weight excluding hydrogens is 355 g/mol. The van der Waals surface area contributed by atoms with Crippen LogP contribution in [0.15, 0.2) is 48.7 Å². The molecule has 1 aromatic heterocycles. The maximum absolute atomic E-state index is 6.26. The summed E-state index contributed by atoms with van der Waals surface area (Å²) in [5.74, 6) is 0.357. The summed E-state index contributed by atoms with van der Waals surface area (Å²) >= 11 is 12.3. The Morgan fingerprint density at radius 1 is 1.08 bits per heavy atom. The number of aromatic nitrogens is 1. The van der Waals surface area contributed by atoms with E-state index >= 15 is 0 Å². The quantitative estimate of drug-likeness (QED) is 0.588. The normalized spacial score (nSPS) is 24.6. The number of ether oxygens (including phenoxy) is 1. The number of anilines is 1. The molecule has 0 bridgehead atoms. The Morgan fingerprint density at radius 3 is 2.88 bits per heavy atom. The first-order valence-electron chi connectivity index (χ1n) is 8.43. The van der Waals surface area contributed by atoms with Crippen LogP contribution in [0.4, 0.5) is 5.69 Å². The monoisotopic (exact) mass is 370 g/mol. The van der Waals surface area contributed by atoms with E-state index in [1.807, 2.05) is 24.4 Å². The minimum atomic E-state index is 0.0728. The van der Waals surface area contributed by atoms with E-state index in [1.54, 1.807) is 0 Å². The lowest BCUT2D eigenvalue weighted by Gasteiger charge is -2.37. The fourth-order valence-corrected chi connectivity index (χ4v) is 4.47. The van der Waals surface area contributed by atoms with Crippen LogP contribution in [0.3, 0.4) is 0 Å². The predicted molar refractivity (Wildman–Crippen MR) is 101 cm³/mol. The van der Waals surface area contributed by atoms with Gasteiger partial charge in [-0.1, -0.05) is 35.3 Å². The number of nitrogens with one attached hydrogen (secondary N) is 1. The molecule has 1 fully saturated rings. The van der Waals surface area contributed by atoms with Crippen LogP contribution >= 0.6 is 23.2 Å². The molecule has 0 unspecified atom stereocenters. The maximum atomic E-state index is 6.26. The first kappa shape index (κ1) is 15.4. The van der Waals surface area contributed by atoms with Crippen LogP contribution < -0.4 is 5.32 Å². The van der Waals surface area contributed by atoms with Crippen molar-refractivity contribution in [3.05, 3.63) is 69.8 Å². The van der Waals surface area contributed by atoms with Gasteiger partial charge < -0.3 is 10.1 Å². The fraction of sp³-hybridized carbons (Fsp3) is 0.250. The second-order valence-electron chi connectivity index (χ2n) is 6.64. The van der Waals surface area contributed by atoms with Crippen molar-refractivity contribution in [3.8, 4) is 0 Å². The second-order valence-corrected chi connectivity index (χ2v) is 7.45. The van der Waals surface area contributed by atoms with E-state index in [9.17, 15) is 0 Å². The van der Waals surface area contributed by atoms with E-state index in [-0.39, 0.29) is 12.1 Å². The minimum Gasteiger partial charge on any atom is -0.378 e. The third kappa shape index (κ3) is 2.42. The Bertz CT molecular complexity index is 975. The van der Waals surface area contributed by atoms with Gasteiger partial charge in [0, 0.05) is 35.4 Å². The molecule has 1 saturated heterocycles. The smallest absolute Gasteiger partial charge is 0.0903 e. The molecule has 2 aliphatic rings. The molecule has 5 rings (SSSR count). The molecule has 5 heteroatoms. The highest BCUT2D eigenvalue weighted by Crippen LogP contribution is 2.52. The van der Waals surface area contributed by atoms with E-state index in [4.69, 9.17) is 27.9 Å². The lowest BCUT2D eigenvalue weighted by molar-refractivity contribution is 0.0841. The van der Waals surface area contributed by atoms with Crippen LogP contribution in [-0.4, -0.2) is 11.6 Å². The second kappa shape index (κ2) is 5.87. The standard InChI is InChI=1S/C20H16Cl2N2O/c21-14-4-3-11(10-15(14)22)19-13-7-9-25-20(13)18-12-2-1-8-23-16(12)5-6-17(18)24-19/h1-6,8,10,13,19-20,24H,7,9H2/t13-,19-,20-/m1/s1. The van der Waals surface area contributed by atoms with E-state index in [1.165, 1.54) is 5.56 Å². The van der Waals surface area contributed by atoms with Crippen LogP contribution in [-0.2, 0) is 4.74 Å². The Balaban J connectivity index is 1.66. The highest BCUT2D eigenvalue weighted by molar-refractivity contribution is 6.42. The van der Waals surface area contributed by atoms with Gasteiger partial charge >= 0.3 is 0 Å². The largest absolute Gasteiger partial charge is 0.378 e. The maximum Gasteiger partial charge on any atom is 0.0903 e. The summed E-state index contributed by atoms with van der Waals surface area (Å²) in [5, 5.41) is 6.05. The summed E-state index contributed by atoms with van der Waals surface area (Å²) in [4.78, 5) is 4.49. The Morgan fingerprint density at radius 2 is 2.00 bits per heavy atom. The molecule has 1 N–H and O–H groups in total. The zero-order valence-electron chi connectivity index (χ0n) is 13.4. The van der Waals surface area contributed by atoms with Crippen LogP contribution in [0, 0.1) is 5.92 Å². The number of pyridine rings is 1. The Labute approximate surface area is 155 Å². The molecule has 0 amide bonds. The minimum absolute atomic E-state index is 0.0728. The van der Waals surface area contributed by atoms with Gasteiger partial charge in [0.05, 0.1) is 27.7 Å². The molecule has 0 radical (unpaired) electrons. The van der Waals surface area contributed by atoms with Gasteiger partial charge in [0.25, 0.3) is 0 Å². The molecule has 0 saturated carbocycles. The molecule has 3 aromatic rings. The van der Waals surface area contributed by atoms with Gasteiger partial charge in [-0.25, -0.2) is 0 Å². The third-order valence-corrected chi connectivity index (χ3v) is 6.03. The van der Waals surface area contributed by atoms with E-state index in [0.717, 1.165) is 35.2 Å². The van der Waals surface area contributed by atoms with Crippen LogP contribution in [0.2, 0.25) is 10.0 Å². The van der Waals surface area contributed by atoms with Crippen molar-refractivity contribution in [1.82, 2.24) is 4.98 Å². The van der Waals surface area contributed by atoms with Crippen molar-refractivity contribution in [2.45, 2.75) is 18.6 Å². The number of hydrogen-bond donors (Lipinski definition) is 1. The summed E-state index contributed by atoms with van der Waals surface area (Å²) < 4.78 is 6.17. The van der Waals surface area contributed by atoms with Gasteiger partial charge in [-0.2, -0.15) is 0 Å². The molecule has 0 spiro atoms. The Kier molecular flexibility index (Phi) is 3.63. The fourth-order valence-electron chi connectivity index (χ4n) is 4.16. The number of benzene rings is 2. The molecule has 3 atom stereocenters. The molecule has 2 aliphatic heterocycles. The van der Waals surface area contributed by atoms with Gasteiger partial charge in [-0.15, -0.1) is 0 Å². The van der Waals surface area contributed by atoms with Crippen molar-refractivity contribution in [1.29, 1.82) is 0 Å². The molecule has 0 aliphatic carbocycles. The first-order valence-corrected chi connectivity index (χ1v) is 9.19. The predicted octanol–water partition coefficient (Wildman–Crippen LogP) is 5.79. The van der Waals surface area contributed by atoms with Gasteiger partial charge in [0.1, 0.15) is 0 Å². The summed E-state index contributed by atoms with van der Waals surface area (Å²) in [5.41, 5.74) is 4.49. The Hall–Kier alpha value is -1.81. The molecule has 3 heterocycles. The van der Waals surface area contributed by atoms with Gasteiger partial charge in [-0.3, -0.25) is 4.98 Å².